The number of esters is 1. The van der Waals surface area contributed by atoms with Gasteiger partial charge in [0, 0.05) is 0 Å². The Bertz CT molecular complexity index is 426. The number of Topliss-reactive ketones (excluding diaryl/α,β-unsaturated/α-hetero) is 1. The van der Waals surface area contributed by atoms with Gasteiger partial charge in [0.2, 0.25) is 0 Å². The maximum atomic E-state index is 12.2. The number of hydrogen-bond donors (Lipinski definition) is 0. The molecule has 0 fully saturated rings. The Morgan fingerprint density at radius 3 is 2.44 bits per heavy atom. The topological polar surface area (TPSA) is 52.6 Å². The molecule has 1 aromatic carbocycles. The van der Waals surface area contributed by atoms with Gasteiger partial charge in [0.25, 0.3) is 0 Å². The number of carbonyl (C=O) groups excluding carboxylic acids is 2. The van der Waals surface area contributed by atoms with Crippen LogP contribution in [0.3, 0.4) is 0 Å². The molecular formula is C14H18O4. The molecule has 1 atom stereocenters. The van der Waals surface area contributed by atoms with Crippen LogP contribution in [-0.2, 0) is 9.53 Å². The minimum absolute atomic E-state index is 0.267. The number of rotatable bonds is 6. The fourth-order valence-corrected chi connectivity index (χ4v) is 1.56. The first-order valence-electron chi connectivity index (χ1n) is 6.04. The monoisotopic (exact) mass is 250 g/mol. The van der Waals surface area contributed by atoms with Crippen molar-refractivity contribution in [3.05, 3.63) is 29.8 Å². The lowest BCUT2D eigenvalue weighted by Gasteiger charge is -2.12. The zero-order chi connectivity index (χ0) is 13.5. The summed E-state index contributed by atoms with van der Waals surface area (Å²) in [6, 6.07) is 6.90. The summed E-state index contributed by atoms with van der Waals surface area (Å²) in [7, 11) is 0. The smallest absolute Gasteiger partial charge is 0.316 e. The lowest BCUT2D eigenvalue weighted by Crippen LogP contribution is -2.24. The molecular weight excluding hydrogens is 232 g/mol. The summed E-state index contributed by atoms with van der Waals surface area (Å²) >= 11 is 0. The highest BCUT2D eigenvalue weighted by atomic mass is 16.5. The molecule has 0 bridgehead atoms. The Morgan fingerprint density at radius 1 is 1.17 bits per heavy atom. The van der Waals surface area contributed by atoms with Gasteiger partial charge in [-0.2, -0.15) is 0 Å². The molecule has 4 heteroatoms. The van der Waals surface area contributed by atoms with E-state index < -0.39 is 11.9 Å². The minimum Gasteiger partial charge on any atom is -0.493 e. The van der Waals surface area contributed by atoms with Crippen LogP contribution in [0.4, 0.5) is 0 Å². The fourth-order valence-electron chi connectivity index (χ4n) is 1.56. The molecule has 0 spiro atoms. The van der Waals surface area contributed by atoms with Crippen LogP contribution in [0.1, 0.15) is 31.1 Å². The van der Waals surface area contributed by atoms with Gasteiger partial charge in [0.1, 0.15) is 11.7 Å². The summed E-state index contributed by atoms with van der Waals surface area (Å²) in [5, 5.41) is 0. The highest BCUT2D eigenvalue weighted by molar-refractivity contribution is 6.09. The van der Waals surface area contributed by atoms with E-state index in [0.717, 1.165) is 0 Å². The van der Waals surface area contributed by atoms with Crippen molar-refractivity contribution in [1.29, 1.82) is 0 Å². The predicted octanol–water partition coefficient (Wildman–Crippen LogP) is 2.47. The normalized spacial score (nSPS) is 11.7. The Morgan fingerprint density at radius 2 is 1.83 bits per heavy atom. The quantitative estimate of drug-likeness (QED) is 0.442. The minimum atomic E-state index is -0.813. The molecule has 0 amide bonds. The van der Waals surface area contributed by atoms with Gasteiger partial charge in [0.05, 0.1) is 18.8 Å². The Hall–Kier alpha value is -1.84. The van der Waals surface area contributed by atoms with E-state index in [4.69, 9.17) is 9.47 Å². The maximum Gasteiger partial charge on any atom is 0.316 e. The molecule has 0 aliphatic rings. The van der Waals surface area contributed by atoms with Gasteiger partial charge >= 0.3 is 5.97 Å². The van der Waals surface area contributed by atoms with Crippen molar-refractivity contribution < 1.29 is 19.1 Å². The molecule has 1 rings (SSSR count). The third-order valence-electron chi connectivity index (χ3n) is 2.49. The third kappa shape index (κ3) is 3.32. The van der Waals surface area contributed by atoms with Crippen molar-refractivity contribution in [2.24, 2.45) is 5.92 Å². The summed E-state index contributed by atoms with van der Waals surface area (Å²) in [4.78, 5) is 23.7. The van der Waals surface area contributed by atoms with Gasteiger partial charge < -0.3 is 9.47 Å². The van der Waals surface area contributed by atoms with Crippen LogP contribution in [-0.4, -0.2) is 25.0 Å². The molecule has 0 aliphatic heterocycles. The number of ketones is 1. The Balaban J connectivity index is 2.92. The van der Waals surface area contributed by atoms with E-state index >= 15 is 0 Å². The van der Waals surface area contributed by atoms with Crippen LogP contribution in [0, 0.1) is 5.92 Å². The molecule has 0 saturated carbocycles. The summed E-state index contributed by atoms with van der Waals surface area (Å²) in [6.45, 7) is 5.84. The first-order chi connectivity index (χ1) is 8.61. The van der Waals surface area contributed by atoms with E-state index in [0.29, 0.717) is 17.9 Å². The van der Waals surface area contributed by atoms with Gasteiger partial charge in [0.15, 0.2) is 5.78 Å². The van der Waals surface area contributed by atoms with E-state index in [1.165, 1.54) is 0 Å². The zero-order valence-electron chi connectivity index (χ0n) is 10.9. The predicted molar refractivity (Wildman–Crippen MR) is 67.7 cm³/mol. The van der Waals surface area contributed by atoms with Gasteiger partial charge in [-0.1, -0.05) is 12.1 Å². The largest absolute Gasteiger partial charge is 0.493 e. The summed E-state index contributed by atoms with van der Waals surface area (Å²) in [5.74, 6) is -1.10. The second kappa shape index (κ2) is 6.79. The number of ether oxygens (including phenoxy) is 2. The van der Waals surface area contributed by atoms with E-state index in [-0.39, 0.29) is 12.4 Å². The van der Waals surface area contributed by atoms with Gasteiger partial charge in [-0.25, -0.2) is 0 Å². The van der Waals surface area contributed by atoms with Crippen molar-refractivity contribution in [3.63, 3.8) is 0 Å². The summed E-state index contributed by atoms with van der Waals surface area (Å²) in [6.07, 6.45) is 0. The van der Waals surface area contributed by atoms with Crippen LogP contribution >= 0.6 is 0 Å². The summed E-state index contributed by atoms with van der Waals surface area (Å²) in [5.41, 5.74) is 0.417. The molecule has 0 aliphatic carbocycles. The first-order valence-corrected chi connectivity index (χ1v) is 6.04. The van der Waals surface area contributed by atoms with Crippen LogP contribution < -0.4 is 4.74 Å². The van der Waals surface area contributed by atoms with Gasteiger partial charge in [-0.15, -0.1) is 0 Å². The molecule has 0 saturated heterocycles. The van der Waals surface area contributed by atoms with Crippen LogP contribution in [0.25, 0.3) is 0 Å². The van der Waals surface area contributed by atoms with E-state index in [9.17, 15) is 9.59 Å². The Kier molecular flexibility index (Phi) is 5.36. The van der Waals surface area contributed by atoms with Crippen molar-refractivity contribution in [3.8, 4) is 5.75 Å². The van der Waals surface area contributed by atoms with Crippen molar-refractivity contribution in [1.82, 2.24) is 0 Å². The second-order valence-electron chi connectivity index (χ2n) is 3.77. The SMILES string of the molecule is CCOC(=O)C(C)C(=O)c1ccccc1OCC. The van der Waals surface area contributed by atoms with Gasteiger partial charge in [-0.3, -0.25) is 9.59 Å². The molecule has 4 nitrogen and oxygen atoms in total. The molecule has 0 radical (unpaired) electrons. The maximum absolute atomic E-state index is 12.2. The molecule has 18 heavy (non-hydrogen) atoms. The second-order valence-corrected chi connectivity index (χ2v) is 3.77. The van der Waals surface area contributed by atoms with E-state index in [2.05, 4.69) is 0 Å². The Labute approximate surface area is 107 Å². The van der Waals surface area contributed by atoms with Crippen LogP contribution in [0.5, 0.6) is 5.75 Å². The average molecular weight is 250 g/mol. The average Bonchev–Trinajstić information content (AvgIpc) is 2.38. The number of para-hydroxylation sites is 1. The number of hydrogen-bond acceptors (Lipinski definition) is 4. The lowest BCUT2D eigenvalue weighted by atomic mass is 9.99. The summed E-state index contributed by atoms with van der Waals surface area (Å²) < 4.78 is 10.2. The van der Waals surface area contributed by atoms with Crippen molar-refractivity contribution in [2.75, 3.05) is 13.2 Å². The van der Waals surface area contributed by atoms with Crippen molar-refractivity contribution in [2.45, 2.75) is 20.8 Å². The molecule has 1 unspecified atom stereocenters. The lowest BCUT2D eigenvalue weighted by molar-refractivity contribution is -0.145. The highest BCUT2D eigenvalue weighted by Gasteiger charge is 2.26. The highest BCUT2D eigenvalue weighted by Crippen LogP contribution is 2.22. The van der Waals surface area contributed by atoms with Gasteiger partial charge in [-0.05, 0) is 32.9 Å². The zero-order valence-corrected chi connectivity index (χ0v) is 10.9. The standard InChI is InChI=1S/C14H18O4/c1-4-17-12-9-7-6-8-11(12)13(15)10(3)14(16)18-5-2/h6-10H,4-5H2,1-3H3. The van der Waals surface area contributed by atoms with E-state index in [1.807, 2.05) is 6.92 Å². The molecule has 0 aromatic heterocycles. The van der Waals surface area contributed by atoms with E-state index in [1.54, 1.807) is 38.1 Å². The van der Waals surface area contributed by atoms with Crippen molar-refractivity contribution >= 4 is 11.8 Å². The molecule has 98 valence electrons. The molecule has 0 heterocycles. The third-order valence-corrected chi connectivity index (χ3v) is 2.49. The molecule has 0 N–H and O–H groups in total. The van der Waals surface area contributed by atoms with Crippen LogP contribution in [0.15, 0.2) is 24.3 Å². The first kappa shape index (κ1) is 14.2. The number of benzene rings is 1. The van der Waals surface area contributed by atoms with Crippen LogP contribution in [0.2, 0.25) is 0 Å². The number of carbonyl (C=O) groups is 2. The fraction of sp³-hybridized carbons (Fsp3) is 0.429. The molecule has 1 aromatic rings.